The number of nitrogens with two attached hydrogens (primary N) is 1. The van der Waals surface area contributed by atoms with Gasteiger partial charge in [-0.3, -0.25) is 0 Å². The molecule has 0 amide bonds. The normalized spacial score (nSPS) is 17.1. The number of nitrogens with zero attached hydrogens (tertiary/aromatic N) is 3. The molecule has 0 atom stereocenters. The van der Waals surface area contributed by atoms with Crippen molar-refractivity contribution in [3.05, 3.63) is 5.82 Å². The SMILES string of the molecule is CCCn1c(CN)nnc1SC1CCCC1. The van der Waals surface area contributed by atoms with Crippen molar-refractivity contribution in [3.63, 3.8) is 0 Å². The van der Waals surface area contributed by atoms with Crippen LogP contribution >= 0.6 is 11.8 Å². The van der Waals surface area contributed by atoms with E-state index in [-0.39, 0.29) is 0 Å². The van der Waals surface area contributed by atoms with Crippen LogP contribution in [0.4, 0.5) is 0 Å². The summed E-state index contributed by atoms with van der Waals surface area (Å²) in [5.74, 6) is 0.919. The summed E-state index contributed by atoms with van der Waals surface area (Å²) in [5, 5.41) is 10.2. The summed E-state index contributed by atoms with van der Waals surface area (Å²) in [6.07, 6.45) is 6.47. The van der Waals surface area contributed by atoms with Crippen molar-refractivity contribution in [2.45, 2.75) is 62.5 Å². The largest absolute Gasteiger partial charge is 0.324 e. The van der Waals surface area contributed by atoms with Crippen LogP contribution in [0.25, 0.3) is 0 Å². The lowest BCUT2D eigenvalue weighted by atomic mass is 10.4. The van der Waals surface area contributed by atoms with E-state index in [9.17, 15) is 0 Å². The first-order chi connectivity index (χ1) is 7.85. The Morgan fingerprint density at radius 1 is 1.38 bits per heavy atom. The molecule has 5 heteroatoms. The molecule has 2 N–H and O–H groups in total. The third-order valence-electron chi connectivity index (χ3n) is 3.00. The molecule has 90 valence electrons. The minimum absolute atomic E-state index is 0.484. The average Bonchev–Trinajstić information content (AvgIpc) is 2.91. The monoisotopic (exact) mass is 240 g/mol. The molecule has 1 aromatic rings. The van der Waals surface area contributed by atoms with Gasteiger partial charge in [-0.05, 0) is 19.3 Å². The van der Waals surface area contributed by atoms with Gasteiger partial charge >= 0.3 is 0 Å². The number of hydrogen-bond donors (Lipinski definition) is 1. The highest BCUT2D eigenvalue weighted by Gasteiger charge is 2.20. The van der Waals surface area contributed by atoms with E-state index in [0.29, 0.717) is 6.54 Å². The van der Waals surface area contributed by atoms with Crippen molar-refractivity contribution in [1.29, 1.82) is 0 Å². The Labute approximate surface area is 101 Å². The number of thioether (sulfide) groups is 1. The lowest BCUT2D eigenvalue weighted by Gasteiger charge is -2.10. The molecular weight excluding hydrogens is 220 g/mol. The summed E-state index contributed by atoms with van der Waals surface area (Å²) in [5.41, 5.74) is 5.67. The van der Waals surface area contributed by atoms with Crippen LogP contribution in [-0.4, -0.2) is 20.0 Å². The predicted molar refractivity (Wildman–Crippen MR) is 66.3 cm³/mol. The summed E-state index contributed by atoms with van der Waals surface area (Å²) in [7, 11) is 0. The Balaban J connectivity index is 2.09. The van der Waals surface area contributed by atoms with Gasteiger partial charge in [0.05, 0.1) is 6.54 Å². The summed E-state index contributed by atoms with van der Waals surface area (Å²) in [6, 6.07) is 0. The van der Waals surface area contributed by atoms with Gasteiger partial charge in [-0.1, -0.05) is 31.5 Å². The van der Waals surface area contributed by atoms with Crippen molar-refractivity contribution in [3.8, 4) is 0 Å². The molecule has 1 heterocycles. The quantitative estimate of drug-likeness (QED) is 0.857. The number of hydrogen-bond acceptors (Lipinski definition) is 4. The highest BCUT2D eigenvalue weighted by molar-refractivity contribution is 7.99. The molecule has 0 radical (unpaired) electrons. The van der Waals surface area contributed by atoms with Crippen LogP contribution < -0.4 is 5.73 Å². The van der Waals surface area contributed by atoms with Gasteiger partial charge in [-0.15, -0.1) is 10.2 Å². The zero-order chi connectivity index (χ0) is 11.4. The summed E-state index contributed by atoms with van der Waals surface area (Å²) in [4.78, 5) is 0. The van der Waals surface area contributed by atoms with Crippen molar-refractivity contribution < 1.29 is 0 Å². The maximum atomic E-state index is 5.67. The van der Waals surface area contributed by atoms with Crippen LogP contribution in [0, 0.1) is 0 Å². The number of rotatable bonds is 5. The molecule has 0 bridgehead atoms. The van der Waals surface area contributed by atoms with E-state index in [1.807, 2.05) is 11.8 Å². The second-order valence-corrected chi connectivity index (χ2v) is 5.55. The van der Waals surface area contributed by atoms with Gasteiger partial charge < -0.3 is 10.3 Å². The molecule has 0 aromatic carbocycles. The third kappa shape index (κ3) is 2.58. The number of aromatic nitrogens is 3. The average molecular weight is 240 g/mol. The van der Waals surface area contributed by atoms with Crippen LogP contribution in [-0.2, 0) is 13.1 Å². The Hall–Kier alpha value is -0.550. The Bertz CT molecular complexity index is 331. The zero-order valence-corrected chi connectivity index (χ0v) is 10.7. The molecule has 0 unspecified atom stereocenters. The second-order valence-electron chi connectivity index (χ2n) is 4.28. The molecule has 1 aliphatic rings. The molecule has 0 saturated heterocycles. The van der Waals surface area contributed by atoms with Crippen LogP contribution in [0.3, 0.4) is 0 Å². The molecule has 2 rings (SSSR count). The predicted octanol–water partition coefficient (Wildman–Crippen LogP) is 2.18. The van der Waals surface area contributed by atoms with E-state index in [4.69, 9.17) is 5.73 Å². The maximum Gasteiger partial charge on any atom is 0.191 e. The van der Waals surface area contributed by atoms with Gasteiger partial charge in [0.2, 0.25) is 0 Å². The lowest BCUT2D eigenvalue weighted by Crippen LogP contribution is -2.10. The second kappa shape index (κ2) is 5.68. The maximum absolute atomic E-state index is 5.67. The summed E-state index contributed by atoms with van der Waals surface area (Å²) in [6.45, 7) is 3.64. The smallest absolute Gasteiger partial charge is 0.191 e. The van der Waals surface area contributed by atoms with Gasteiger partial charge in [0.25, 0.3) is 0 Å². The fourth-order valence-electron chi connectivity index (χ4n) is 2.16. The van der Waals surface area contributed by atoms with Crippen molar-refractivity contribution in [2.75, 3.05) is 0 Å². The zero-order valence-electron chi connectivity index (χ0n) is 9.85. The summed E-state index contributed by atoms with van der Waals surface area (Å²) >= 11 is 1.89. The molecular formula is C11H20N4S. The van der Waals surface area contributed by atoms with Crippen molar-refractivity contribution >= 4 is 11.8 Å². The Kier molecular flexibility index (Phi) is 4.23. The Morgan fingerprint density at radius 3 is 2.75 bits per heavy atom. The molecule has 1 saturated carbocycles. The molecule has 0 spiro atoms. The minimum Gasteiger partial charge on any atom is -0.324 e. The lowest BCUT2D eigenvalue weighted by molar-refractivity contribution is 0.591. The van der Waals surface area contributed by atoms with Crippen molar-refractivity contribution in [1.82, 2.24) is 14.8 Å². The van der Waals surface area contributed by atoms with E-state index in [0.717, 1.165) is 29.2 Å². The van der Waals surface area contributed by atoms with E-state index in [1.54, 1.807) is 0 Å². The molecule has 1 aliphatic carbocycles. The summed E-state index contributed by atoms with van der Waals surface area (Å²) < 4.78 is 2.18. The van der Waals surface area contributed by atoms with Gasteiger partial charge in [-0.25, -0.2) is 0 Å². The van der Waals surface area contributed by atoms with E-state index in [2.05, 4.69) is 21.7 Å². The van der Waals surface area contributed by atoms with E-state index >= 15 is 0 Å². The van der Waals surface area contributed by atoms with Gasteiger partial charge in [0.1, 0.15) is 5.82 Å². The molecule has 1 aromatic heterocycles. The van der Waals surface area contributed by atoms with Gasteiger partial charge in [-0.2, -0.15) is 0 Å². The van der Waals surface area contributed by atoms with E-state index < -0.39 is 0 Å². The Morgan fingerprint density at radius 2 is 2.12 bits per heavy atom. The van der Waals surface area contributed by atoms with Crippen LogP contribution in [0.5, 0.6) is 0 Å². The fourth-order valence-corrected chi connectivity index (χ4v) is 3.44. The molecule has 4 nitrogen and oxygen atoms in total. The van der Waals surface area contributed by atoms with Gasteiger partial charge in [0.15, 0.2) is 5.16 Å². The standard InChI is InChI=1S/C11H20N4S/c1-2-7-15-10(8-12)13-14-11(15)16-9-5-3-4-6-9/h9H,2-8,12H2,1H3. The molecule has 1 fully saturated rings. The molecule has 0 aliphatic heterocycles. The molecule has 16 heavy (non-hydrogen) atoms. The van der Waals surface area contributed by atoms with E-state index in [1.165, 1.54) is 25.7 Å². The minimum atomic E-state index is 0.484. The topological polar surface area (TPSA) is 56.7 Å². The van der Waals surface area contributed by atoms with Crippen LogP contribution in [0.15, 0.2) is 5.16 Å². The first kappa shape index (κ1) is 11.9. The van der Waals surface area contributed by atoms with Gasteiger partial charge in [0, 0.05) is 11.8 Å². The highest BCUT2D eigenvalue weighted by atomic mass is 32.2. The first-order valence-electron chi connectivity index (χ1n) is 6.14. The highest BCUT2D eigenvalue weighted by Crippen LogP contribution is 2.33. The van der Waals surface area contributed by atoms with Crippen LogP contribution in [0.2, 0.25) is 0 Å². The third-order valence-corrected chi connectivity index (χ3v) is 4.32. The fraction of sp³-hybridized carbons (Fsp3) is 0.818. The van der Waals surface area contributed by atoms with Crippen molar-refractivity contribution in [2.24, 2.45) is 5.73 Å². The first-order valence-corrected chi connectivity index (χ1v) is 7.02. The van der Waals surface area contributed by atoms with Crippen LogP contribution in [0.1, 0.15) is 44.9 Å².